The Hall–Kier alpha value is -0.610. The van der Waals surface area contributed by atoms with E-state index in [9.17, 15) is 0 Å². The second-order valence-corrected chi connectivity index (χ2v) is 6.90. The van der Waals surface area contributed by atoms with Crippen LogP contribution in [0.3, 0.4) is 0 Å². The highest BCUT2D eigenvalue weighted by Crippen LogP contribution is 2.28. The largest absolute Gasteiger partial charge is 0.389 e. The summed E-state index contributed by atoms with van der Waals surface area (Å²) in [5.74, 6) is 0.596. The molecule has 0 aliphatic carbocycles. The summed E-state index contributed by atoms with van der Waals surface area (Å²) in [7, 11) is 0. The van der Waals surface area contributed by atoms with Crippen LogP contribution >= 0.6 is 28.1 Å². The Balaban J connectivity index is 3.28. The van der Waals surface area contributed by atoms with Gasteiger partial charge in [0, 0.05) is 28.3 Å². The van der Waals surface area contributed by atoms with Crippen LogP contribution in [0, 0.1) is 5.92 Å². The summed E-state index contributed by atoms with van der Waals surface area (Å²) in [5, 5.41) is 0. The molecular weight excluding hydrogens is 332 g/mol. The molecule has 2 N–H and O–H groups in total. The fourth-order valence-corrected chi connectivity index (χ4v) is 3.05. The van der Waals surface area contributed by atoms with Gasteiger partial charge in [-0.05, 0) is 37.0 Å². The summed E-state index contributed by atoms with van der Waals surface area (Å²) >= 11 is 8.73. The molecule has 20 heavy (non-hydrogen) atoms. The van der Waals surface area contributed by atoms with Gasteiger partial charge in [0.05, 0.1) is 0 Å². The molecule has 1 aromatic carbocycles. The minimum Gasteiger partial charge on any atom is -0.389 e. The van der Waals surface area contributed by atoms with Crippen molar-refractivity contribution in [1.29, 1.82) is 0 Å². The van der Waals surface area contributed by atoms with Gasteiger partial charge in [0.25, 0.3) is 0 Å². The quantitative estimate of drug-likeness (QED) is 0.715. The minimum absolute atomic E-state index is 0.459. The number of nitrogens with two attached hydrogens (primary N) is 1. The van der Waals surface area contributed by atoms with E-state index in [1.165, 1.54) is 0 Å². The lowest BCUT2D eigenvalue weighted by atomic mass is 10.0. The first-order valence-electron chi connectivity index (χ1n) is 7.26. The van der Waals surface area contributed by atoms with Crippen molar-refractivity contribution in [2.45, 2.75) is 46.6 Å². The number of nitrogens with zero attached hydrogens (tertiary/aromatic N) is 1. The molecule has 0 spiro atoms. The summed E-state index contributed by atoms with van der Waals surface area (Å²) in [6, 6.07) is 6.73. The maximum atomic E-state index is 5.92. The van der Waals surface area contributed by atoms with Crippen LogP contribution < -0.4 is 10.6 Å². The van der Waals surface area contributed by atoms with Crippen LogP contribution in [-0.4, -0.2) is 17.6 Å². The molecular formula is C16H25BrN2S. The molecule has 112 valence electrons. The van der Waals surface area contributed by atoms with Gasteiger partial charge >= 0.3 is 0 Å². The summed E-state index contributed by atoms with van der Waals surface area (Å²) in [6.07, 6.45) is 2.24. The normalized spacial score (nSPS) is 11.2. The van der Waals surface area contributed by atoms with Gasteiger partial charge in [-0.3, -0.25) is 0 Å². The zero-order chi connectivity index (χ0) is 15.3. The smallest absolute Gasteiger partial charge is 0.106 e. The Labute approximate surface area is 136 Å². The van der Waals surface area contributed by atoms with Crippen molar-refractivity contribution in [2.75, 3.05) is 11.4 Å². The molecule has 0 unspecified atom stereocenters. The van der Waals surface area contributed by atoms with Crippen molar-refractivity contribution in [3.05, 3.63) is 28.2 Å². The second-order valence-electron chi connectivity index (χ2n) is 5.54. The summed E-state index contributed by atoms with van der Waals surface area (Å²) in [4.78, 5) is 2.92. The number of halogens is 1. The lowest BCUT2D eigenvalue weighted by Crippen LogP contribution is -2.38. The average molecular weight is 357 g/mol. The zero-order valence-electron chi connectivity index (χ0n) is 12.8. The lowest BCUT2D eigenvalue weighted by Gasteiger charge is -2.35. The van der Waals surface area contributed by atoms with Crippen LogP contribution in [0.5, 0.6) is 0 Å². The van der Waals surface area contributed by atoms with E-state index in [1.807, 2.05) is 6.07 Å². The van der Waals surface area contributed by atoms with Crippen molar-refractivity contribution < 1.29 is 0 Å². The summed E-state index contributed by atoms with van der Waals surface area (Å²) < 4.78 is 1.01. The molecule has 0 heterocycles. The Morgan fingerprint density at radius 1 is 1.30 bits per heavy atom. The first-order chi connectivity index (χ1) is 9.40. The van der Waals surface area contributed by atoms with Gasteiger partial charge in [-0.2, -0.15) is 0 Å². The Morgan fingerprint density at radius 3 is 2.35 bits per heavy atom. The fraction of sp³-hybridized carbons (Fsp3) is 0.562. The van der Waals surface area contributed by atoms with Gasteiger partial charge in [0.15, 0.2) is 0 Å². The maximum Gasteiger partial charge on any atom is 0.106 e. The third kappa shape index (κ3) is 4.45. The predicted molar refractivity (Wildman–Crippen MR) is 96.6 cm³/mol. The minimum atomic E-state index is 0.459. The Kier molecular flexibility index (Phi) is 6.96. The fourth-order valence-electron chi connectivity index (χ4n) is 2.52. The second kappa shape index (κ2) is 7.99. The highest BCUT2D eigenvalue weighted by atomic mass is 79.9. The van der Waals surface area contributed by atoms with E-state index < -0.39 is 0 Å². The average Bonchev–Trinajstić information content (AvgIpc) is 2.38. The molecule has 0 aliphatic rings. The van der Waals surface area contributed by atoms with Crippen molar-refractivity contribution in [2.24, 2.45) is 11.7 Å². The van der Waals surface area contributed by atoms with E-state index in [-0.39, 0.29) is 0 Å². The molecule has 4 heteroatoms. The molecule has 0 atom stereocenters. The van der Waals surface area contributed by atoms with Crippen molar-refractivity contribution in [3.8, 4) is 0 Å². The monoisotopic (exact) mass is 356 g/mol. The highest BCUT2D eigenvalue weighted by Gasteiger charge is 2.20. The van der Waals surface area contributed by atoms with Crippen LogP contribution in [0.15, 0.2) is 22.7 Å². The zero-order valence-corrected chi connectivity index (χ0v) is 15.2. The van der Waals surface area contributed by atoms with Crippen LogP contribution in [0.4, 0.5) is 5.69 Å². The molecule has 1 rings (SSSR count). The standard InChI is InChI=1S/C16H25BrN2S/c1-5-13(6-2)19(10-11(3)4)15-8-7-12(17)9-14(15)16(18)20/h7-9,11,13H,5-6,10H2,1-4H3,(H2,18,20). The highest BCUT2D eigenvalue weighted by molar-refractivity contribution is 9.10. The number of hydrogen-bond acceptors (Lipinski definition) is 2. The number of hydrogen-bond donors (Lipinski definition) is 1. The summed E-state index contributed by atoms with van der Waals surface area (Å²) in [5.41, 5.74) is 8.03. The van der Waals surface area contributed by atoms with E-state index in [1.54, 1.807) is 0 Å². The SMILES string of the molecule is CCC(CC)N(CC(C)C)c1ccc(Br)cc1C(N)=S. The van der Waals surface area contributed by atoms with Gasteiger partial charge in [-0.25, -0.2) is 0 Å². The maximum absolute atomic E-state index is 5.92. The molecule has 0 aliphatic heterocycles. The van der Waals surface area contributed by atoms with E-state index in [0.29, 0.717) is 16.9 Å². The van der Waals surface area contributed by atoms with Crippen LogP contribution in [0.25, 0.3) is 0 Å². The third-order valence-corrected chi connectivity index (χ3v) is 4.19. The lowest BCUT2D eigenvalue weighted by molar-refractivity contribution is 0.507. The third-order valence-electron chi connectivity index (χ3n) is 3.48. The molecule has 0 bridgehead atoms. The van der Waals surface area contributed by atoms with Gasteiger partial charge in [0.1, 0.15) is 4.99 Å². The number of thiocarbonyl (C=S) groups is 1. The first kappa shape index (κ1) is 17.4. The molecule has 0 radical (unpaired) electrons. The molecule has 0 fully saturated rings. The molecule has 0 saturated carbocycles. The van der Waals surface area contributed by atoms with E-state index in [0.717, 1.165) is 35.1 Å². The van der Waals surface area contributed by atoms with E-state index in [2.05, 4.69) is 60.7 Å². The van der Waals surface area contributed by atoms with Crippen LogP contribution in [-0.2, 0) is 0 Å². The Morgan fingerprint density at radius 2 is 1.90 bits per heavy atom. The van der Waals surface area contributed by atoms with Crippen molar-refractivity contribution in [1.82, 2.24) is 0 Å². The van der Waals surface area contributed by atoms with Crippen molar-refractivity contribution in [3.63, 3.8) is 0 Å². The number of rotatable bonds is 7. The van der Waals surface area contributed by atoms with Gasteiger partial charge in [-0.15, -0.1) is 0 Å². The van der Waals surface area contributed by atoms with Crippen molar-refractivity contribution >= 4 is 38.8 Å². The van der Waals surface area contributed by atoms with Gasteiger partial charge < -0.3 is 10.6 Å². The molecule has 0 saturated heterocycles. The van der Waals surface area contributed by atoms with Gasteiger partial charge in [-0.1, -0.05) is 55.8 Å². The van der Waals surface area contributed by atoms with E-state index in [4.69, 9.17) is 18.0 Å². The first-order valence-corrected chi connectivity index (χ1v) is 8.46. The Bertz CT molecular complexity index is 456. The predicted octanol–water partition coefficient (Wildman–Crippen LogP) is 4.73. The molecule has 0 aromatic heterocycles. The number of benzene rings is 1. The van der Waals surface area contributed by atoms with Crippen LogP contribution in [0.1, 0.15) is 46.1 Å². The van der Waals surface area contributed by atoms with E-state index >= 15 is 0 Å². The molecule has 2 nitrogen and oxygen atoms in total. The molecule has 0 amide bonds. The van der Waals surface area contributed by atoms with Crippen LogP contribution in [0.2, 0.25) is 0 Å². The summed E-state index contributed by atoms with van der Waals surface area (Å²) in [6.45, 7) is 9.98. The molecule has 1 aromatic rings. The number of anilines is 1. The topological polar surface area (TPSA) is 29.3 Å². The van der Waals surface area contributed by atoms with Gasteiger partial charge in [0.2, 0.25) is 0 Å².